The van der Waals surface area contributed by atoms with Crippen LogP contribution in [0.1, 0.15) is 72.0 Å². The fraction of sp³-hybridized carbons (Fsp3) is 0.444. The first-order chi connectivity index (χ1) is 15.6. The molecular weight excluding hydrogens is 400 g/mol. The van der Waals surface area contributed by atoms with Crippen LogP contribution in [-0.4, -0.2) is 36.1 Å². The van der Waals surface area contributed by atoms with Crippen molar-refractivity contribution < 1.29 is 14.6 Å². The molecule has 0 aromatic heterocycles. The van der Waals surface area contributed by atoms with Gasteiger partial charge in [-0.1, -0.05) is 49.6 Å². The van der Waals surface area contributed by atoms with Crippen LogP contribution in [0.4, 0.5) is 5.69 Å². The number of carbonyl (C=O) groups excluding carboxylic acids is 1. The molecule has 3 aliphatic rings. The average molecular weight is 433 g/mol. The van der Waals surface area contributed by atoms with Crippen molar-refractivity contribution >= 4 is 11.6 Å². The van der Waals surface area contributed by atoms with Crippen LogP contribution >= 0.6 is 0 Å². The van der Waals surface area contributed by atoms with Gasteiger partial charge in [0.25, 0.3) is 5.91 Å². The van der Waals surface area contributed by atoms with E-state index in [2.05, 4.69) is 23.5 Å². The van der Waals surface area contributed by atoms with Crippen molar-refractivity contribution in [3.8, 4) is 11.5 Å². The highest BCUT2D eigenvalue weighted by Gasteiger charge is 2.40. The summed E-state index contributed by atoms with van der Waals surface area (Å²) in [6.45, 7) is 0. The number of para-hydroxylation sites is 1. The number of amides is 1. The number of fused-ring (bicyclic) bond motifs is 3. The number of nitrogens with one attached hydrogen (secondary N) is 1. The number of methoxy groups -OCH3 is 1. The molecule has 2 N–H and O–H groups in total. The molecule has 5 heteroatoms. The standard InChI is InChI=1S/C27H32N2O3/c1-29(18-8-4-3-5-9-18)27(31)22-13-7-12-21-19-10-6-11-20(19)25(28-26(21)22)17-14-15-24(32-2)23(30)16-17/h6-7,10,12-16,18-20,25,28,30H,3-5,8-9,11H2,1-2H3. The number of rotatable bonds is 4. The summed E-state index contributed by atoms with van der Waals surface area (Å²) in [6.07, 6.45) is 11.3. The van der Waals surface area contributed by atoms with Crippen molar-refractivity contribution in [2.75, 3.05) is 19.5 Å². The van der Waals surface area contributed by atoms with E-state index in [-0.39, 0.29) is 23.6 Å². The topological polar surface area (TPSA) is 61.8 Å². The monoisotopic (exact) mass is 432 g/mol. The largest absolute Gasteiger partial charge is 0.504 e. The number of carbonyl (C=O) groups is 1. The Morgan fingerprint density at radius 1 is 1.16 bits per heavy atom. The van der Waals surface area contributed by atoms with Gasteiger partial charge in [0.15, 0.2) is 11.5 Å². The number of hydrogen-bond donors (Lipinski definition) is 2. The number of phenolic OH excluding ortho intramolecular Hbond substituents is 1. The van der Waals surface area contributed by atoms with E-state index in [9.17, 15) is 9.90 Å². The van der Waals surface area contributed by atoms with Crippen LogP contribution in [0.15, 0.2) is 48.6 Å². The van der Waals surface area contributed by atoms with E-state index >= 15 is 0 Å². The van der Waals surface area contributed by atoms with Gasteiger partial charge in [0.05, 0.1) is 24.4 Å². The smallest absolute Gasteiger partial charge is 0.255 e. The minimum Gasteiger partial charge on any atom is -0.504 e. The Labute approximate surface area is 190 Å². The Bertz CT molecular complexity index is 1040. The predicted molar refractivity (Wildman–Crippen MR) is 126 cm³/mol. The molecule has 1 aliphatic heterocycles. The van der Waals surface area contributed by atoms with Gasteiger partial charge in [-0.05, 0) is 54.5 Å². The van der Waals surface area contributed by atoms with Crippen molar-refractivity contribution in [2.45, 2.75) is 56.5 Å². The number of allylic oxidation sites excluding steroid dienone is 2. The maximum atomic E-state index is 13.6. The van der Waals surface area contributed by atoms with Crippen molar-refractivity contribution in [2.24, 2.45) is 5.92 Å². The quantitative estimate of drug-likeness (QED) is 0.615. The zero-order chi connectivity index (χ0) is 22.2. The second-order valence-electron chi connectivity index (χ2n) is 9.38. The van der Waals surface area contributed by atoms with Gasteiger partial charge in [-0.2, -0.15) is 0 Å². The van der Waals surface area contributed by atoms with Crippen LogP contribution in [0.25, 0.3) is 0 Å². The Morgan fingerprint density at radius 3 is 2.72 bits per heavy atom. The Hall–Kier alpha value is -2.95. The van der Waals surface area contributed by atoms with E-state index in [1.54, 1.807) is 13.2 Å². The Morgan fingerprint density at radius 2 is 1.97 bits per heavy atom. The van der Waals surface area contributed by atoms with Crippen LogP contribution < -0.4 is 10.1 Å². The van der Waals surface area contributed by atoms with Crippen LogP contribution in [0.5, 0.6) is 11.5 Å². The third-order valence-electron chi connectivity index (χ3n) is 7.63. The average Bonchev–Trinajstić information content (AvgIpc) is 3.33. The third-order valence-corrected chi connectivity index (χ3v) is 7.63. The van der Waals surface area contributed by atoms with Crippen molar-refractivity contribution in [1.29, 1.82) is 0 Å². The third kappa shape index (κ3) is 3.54. The molecule has 2 aromatic carbocycles. The fourth-order valence-corrected chi connectivity index (χ4v) is 5.85. The molecule has 5 rings (SSSR count). The maximum absolute atomic E-state index is 13.6. The van der Waals surface area contributed by atoms with E-state index in [0.29, 0.717) is 17.7 Å². The molecule has 3 unspecified atom stereocenters. The summed E-state index contributed by atoms with van der Waals surface area (Å²) in [5, 5.41) is 14.1. The van der Waals surface area contributed by atoms with Crippen LogP contribution in [0.3, 0.4) is 0 Å². The summed E-state index contributed by atoms with van der Waals surface area (Å²) in [7, 11) is 3.51. The molecule has 0 saturated heterocycles. The first-order valence-electron chi connectivity index (χ1n) is 11.8. The van der Waals surface area contributed by atoms with E-state index in [0.717, 1.165) is 36.1 Å². The summed E-state index contributed by atoms with van der Waals surface area (Å²) < 4.78 is 5.23. The van der Waals surface area contributed by atoms with Crippen molar-refractivity contribution in [3.63, 3.8) is 0 Å². The fourth-order valence-electron chi connectivity index (χ4n) is 5.85. The van der Waals surface area contributed by atoms with Gasteiger partial charge in [0.1, 0.15) is 0 Å². The number of anilines is 1. The minimum atomic E-state index is 0.00763. The van der Waals surface area contributed by atoms with E-state index in [1.165, 1.54) is 24.8 Å². The lowest BCUT2D eigenvalue weighted by Crippen LogP contribution is -2.39. The van der Waals surface area contributed by atoms with Crippen molar-refractivity contribution in [3.05, 3.63) is 65.2 Å². The normalized spacial score (nSPS) is 24.4. The highest BCUT2D eigenvalue weighted by Crippen LogP contribution is 2.51. The molecular formula is C27H32N2O3. The Kier molecular flexibility index (Phi) is 5.58. The summed E-state index contributed by atoms with van der Waals surface area (Å²) in [6, 6.07) is 12.1. The van der Waals surface area contributed by atoms with E-state index < -0.39 is 0 Å². The van der Waals surface area contributed by atoms with Crippen molar-refractivity contribution in [1.82, 2.24) is 4.90 Å². The van der Waals surface area contributed by atoms with Gasteiger partial charge in [-0.25, -0.2) is 0 Å². The Balaban J connectivity index is 1.51. The van der Waals surface area contributed by atoms with Crippen LogP contribution in [0.2, 0.25) is 0 Å². The second-order valence-corrected chi connectivity index (χ2v) is 9.38. The SMILES string of the molecule is COc1ccc(C2Nc3c(C(=O)N(C)C4CCCCC4)cccc3C3C=CCC32)cc1O. The summed E-state index contributed by atoms with van der Waals surface area (Å²) >= 11 is 0. The molecule has 5 nitrogen and oxygen atoms in total. The molecule has 1 fully saturated rings. The predicted octanol–water partition coefficient (Wildman–Crippen LogP) is 5.63. The van der Waals surface area contributed by atoms with Gasteiger partial charge in [-0.3, -0.25) is 4.79 Å². The molecule has 0 bridgehead atoms. The van der Waals surface area contributed by atoms with Crippen LogP contribution in [-0.2, 0) is 0 Å². The molecule has 1 saturated carbocycles. The van der Waals surface area contributed by atoms with Gasteiger partial charge < -0.3 is 20.1 Å². The van der Waals surface area contributed by atoms with Gasteiger partial charge in [-0.15, -0.1) is 0 Å². The maximum Gasteiger partial charge on any atom is 0.255 e. The lowest BCUT2D eigenvalue weighted by atomic mass is 9.76. The second kappa shape index (κ2) is 8.53. The lowest BCUT2D eigenvalue weighted by molar-refractivity contribution is 0.0697. The number of hydrogen-bond acceptors (Lipinski definition) is 4. The van der Waals surface area contributed by atoms with Gasteiger partial charge in [0, 0.05) is 19.0 Å². The zero-order valence-electron chi connectivity index (χ0n) is 18.9. The highest BCUT2D eigenvalue weighted by atomic mass is 16.5. The van der Waals surface area contributed by atoms with Gasteiger partial charge in [0.2, 0.25) is 0 Å². The van der Waals surface area contributed by atoms with Gasteiger partial charge >= 0.3 is 0 Å². The first-order valence-corrected chi connectivity index (χ1v) is 11.8. The molecule has 168 valence electrons. The highest BCUT2D eigenvalue weighted by molar-refractivity contribution is 6.01. The molecule has 3 atom stereocenters. The minimum absolute atomic E-state index is 0.00763. The van der Waals surface area contributed by atoms with Crippen LogP contribution in [0, 0.1) is 5.92 Å². The number of nitrogens with zero attached hydrogens (tertiary/aromatic N) is 1. The van der Waals surface area contributed by atoms with E-state index in [1.807, 2.05) is 36.2 Å². The number of aromatic hydroxyl groups is 1. The zero-order valence-corrected chi connectivity index (χ0v) is 18.9. The molecule has 32 heavy (non-hydrogen) atoms. The number of benzene rings is 2. The summed E-state index contributed by atoms with van der Waals surface area (Å²) in [5.41, 5.74) is 3.89. The first kappa shape index (κ1) is 20.9. The molecule has 1 heterocycles. The van der Waals surface area contributed by atoms with E-state index in [4.69, 9.17) is 4.74 Å². The molecule has 1 amide bonds. The molecule has 0 spiro atoms. The molecule has 2 aliphatic carbocycles. The molecule has 2 aromatic rings. The lowest BCUT2D eigenvalue weighted by Gasteiger charge is -2.39. The number of phenols is 1. The number of ether oxygens (including phenoxy) is 1. The summed E-state index contributed by atoms with van der Waals surface area (Å²) in [5.74, 6) is 1.31. The molecule has 0 radical (unpaired) electrons. The summed E-state index contributed by atoms with van der Waals surface area (Å²) in [4.78, 5) is 15.6.